The molecule has 2 heterocycles. The number of halogens is 1. The number of nitrogens with one attached hydrogen (secondary N) is 1. The van der Waals surface area contributed by atoms with Crippen molar-refractivity contribution in [2.24, 2.45) is 5.10 Å². The average molecular weight is 376 g/mol. The Balaban J connectivity index is 1.71. The van der Waals surface area contributed by atoms with Crippen molar-refractivity contribution in [1.29, 1.82) is 0 Å². The number of nitro benzene ring substituents is 1. The smallest absolute Gasteiger partial charge is 0.281 e. The molecule has 0 spiro atoms. The van der Waals surface area contributed by atoms with Gasteiger partial charge >= 0.3 is 0 Å². The molecular formula is C16H10ClN3O4S. The molecule has 25 heavy (non-hydrogen) atoms. The van der Waals surface area contributed by atoms with Gasteiger partial charge in [0.05, 0.1) is 21.0 Å². The van der Waals surface area contributed by atoms with Gasteiger partial charge in [0.1, 0.15) is 11.5 Å². The predicted octanol–water partition coefficient (Wildman–Crippen LogP) is 4.33. The Labute approximate surface area is 150 Å². The Kier molecular flexibility index (Phi) is 4.92. The maximum atomic E-state index is 11.7. The lowest BCUT2D eigenvalue weighted by atomic mass is 10.1. The zero-order valence-electron chi connectivity index (χ0n) is 12.5. The first-order chi connectivity index (χ1) is 12.0. The van der Waals surface area contributed by atoms with Crippen molar-refractivity contribution in [3.05, 3.63) is 73.6 Å². The Morgan fingerprint density at radius 1 is 1.32 bits per heavy atom. The Morgan fingerprint density at radius 2 is 2.16 bits per heavy atom. The number of nitro groups is 1. The molecule has 1 amide bonds. The summed E-state index contributed by atoms with van der Waals surface area (Å²) >= 11 is 7.38. The number of amides is 1. The molecule has 0 saturated carbocycles. The molecule has 0 unspecified atom stereocenters. The van der Waals surface area contributed by atoms with E-state index in [0.29, 0.717) is 22.0 Å². The second-order valence-corrected chi connectivity index (χ2v) is 6.15. The molecule has 1 N–H and O–H groups in total. The molecule has 0 aliphatic rings. The van der Waals surface area contributed by atoms with Gasteiger partial charge in [-0.05, 0) is 29.6 Å². The predicted molar refractivity (Wildman–Crippen MR) is 95.2 cm³/mol. The number of benzene rings is 1. The number of carbonyl (C=O) groups excluding carboxylic acids is 1. The van der Waals surface area contributed by atoms with Crippen molar-refractivity contribution in [3.8, 4) is 11.3 Å². The largest absolute Gasteiger partial charge is 0.455 e. The third kappa shape index (κ3) is 3.93. The number of hydrogen-bond acceptors (Lipinski definition) is 6. The number of thiophene rings is 1. The number of rotatable bonds is 5. The number of nitrogens with zero attached hydrogens (tertiary/aromatic N) is 2. The van der Waals surface area contributed by atoms with Crippen LogP contribution < -0.4 is 5.43 Å². The molecule has 3 rings (SSSR count). The highest BCUT2D eigenvalue weighted by molar-refractivity contribution is 7.12. The highest BCUT2D eigenvalue weighted by atomic mass is 35.5. The Bertz CT molecular complexity index is 950. The first-order valence-electron chi connectivity index (χ1n) is 6.95. The summed E-state index contributed by atoms with van der Waals surface area (Å²) in [6.07, 6.45) is 1.36. The maximum Gasteiger partial charge on any atom is 0.281 e. The fourth-order valence-electron chi connectivity index (χ4n) is 2.00. The zero-order chi connectivity index (χ0) is 17.8. The third-order valence-corrected chi connectivity index (χ3v) is 4.34. The normalized spacial score (nSPS) is 10.9. The van der Waals surface area contributed by atoms with Crippen LogP contribution in [0.1, 0.15) is 15.4 Å². The van der Waals surface area contributed by atoms with E-state index in [1.54, 1.807) is 29.6 Å². The fourth-order valence-corrected chi connectivity index (χ4v) is 2.88. The number of non-ortho nitro benzene ring substituents is 1. The molecule has 0 atom stereocenters. The molecule has 3 aromatic rings. The molecule has 1 aromatic carbocycles. The summed E-state index contributed by atoms with van der Waals surface area (Å²) in [5.41, 5.74) is 2.82. The van der Waals surface area contributed by atoms with Crippen LogP contribution >= 0.6 is 22.9 Å². The molecule has 7 nitrogen and oxygen atoms in total. The standard InChI is InChI=1S/C16H10ClN3O4S/c17-13-8-10(20(22)23)3-5-12(13)14-6-4-11(24-14)9-18-19-16(21)15-2-1-7-25-15/h1-9H,(H,19,21). The third-order valence-electron chi connectivity index (χ3n) is 3.16. The van der Waals surface area contributed by atoms with Gasteiger partial charge in [-0.25, -0.2) is 5.43 Å². The van der Waals surface area contributed by atoms with Crippen molar-refractivity contribution in [2.75, 3.05) is 0 Å². The van der Waals surface area contributed by atoms with E-state index in [1.165, 1.54) is 35.8 Å². The lowest BCUT2D eigenvalue weighted by Gasteiger charge is -2.00. The minimum absolute atomic E-state index is 0.0987. The van der Waals surface area contributed by atoms with E-state index in [2.05, 4.69) is 10.5 Å². The van der Waals surface area contributed by atoms with Crippen molar-refractivity contribution >= 4 is 40.7 Å². The van der Waals surface area contributed by atoms with Gasteiger partial charge in [0.2, 0.25) is 0 Å². The van der Waals surface area contributed by atoms with Gasteiger partial charge in [0.15, 0.2) is 0 Å². The van der Waals surface area contributed by atoms with Gasteiger partial charge in [-0.1, -0.05) is 17.7 Å². The van der Waals surface area contributed by atoms with E-state index in [0.717, 1.165) is 0 Å². The summed E-state index contributed by atoms with van der Waals surface area (Å²) in [4.78, 5) is 22.5. The molecule has 0 bridgehead atoms. The van der Waals surface area contributed by atoms with Crippen LogP contribution in [0.25, 0.3) is 11.3 Å². The lowest BCUT2D eigenvalue weighted by molar-refractivity contribution is -0.384. The van der Waals surface area contributed by atoms with Gasteiger partial charge in [0.25, 0.3) is 11.6 Å². The van der Waals surface area contributed by atoms with Crippen LogP contribution in [0.15, 0.2) is 57.4 Å². The van der Waals surface area contributed by atoms with Crippen molar-refractivity contribution in [2.45, 2.75) is 0 Å². The van der Waals surface area contributed by atoms with Gasteiger partial charge in [0, 0.05) is 17.7 Å². The van der Waals surface area contributed by atoms with Gasteiger partial charge < -0.3 is 4.42 Å². The van der Waals surface area contributed by atoms with Gasteiger partial charge in [-0.2, -0.15) is 5.10 Å². The van der Waals surface area contributed by atoms with E-state index < -0.39 is 4.92 Å². The van der Waals surface area contributed by atoms with Crippen LogP contribution in [-0.2, 0) is 0 Å². The van der Waals surface area contributed by atoms with E-state index in [9.17, 15) is 14.9 Å². The number of carbonyl (C=O) groups is 1. The monoisotopic (exact) mass is 375 g/mol. The molecule has 2 aromatic heterocycles. The second kappa shape index (κ2) is 7.29. The molecule has 126 valence electrons. The molecule has 0 saturated heterocycles. The van der Waals surface area contributed by atoms with E-state index in [4.69, 9.17) is 16.0 Å². The van der Waals surface area contributed by atoms with Crippen LogP contribution in [0.5, 0.6) is 0 Å². The van der Waals surface area contributed by atoms with Crippen LogP contribution in [0, 0.1) is 10.1 Å². The minimum Gasteiger partial charge on any atom is -0.455 e. The average Bonchev–Trinajstić information content (AvgIpc) is 3.26. The molecule has 0 radical (unpaired) electrons. The highest BCUT2D eigenvalue weighted by Crippen LogP contribution is 2.31. The summed E-state index contributed by atoms with van der Waals surface area (Å²) in [7, 11) is 0. The lowest BCUT2D eigenvalue weighted by Crippen LogP contribution is -2.15. The fraction of sp³-hybridized carbons (Fsp3) is 0. The molecule has 9 heteroatoms. The van der Waals surface area contributed by atoms with Crippen molar-refractivity contribution in [1.82, 2.24) is 5.43 Å². The molecule has 0 aliphatic heterocycles. The van der Waals surface area contributed by atoms with E-state index >= 15 is 0 Å². The van der Waals surface area contributed by atoms with E-state index in [-0.39, 0.29) is 16.6 Å². The Hall–Kier alpha value is -2.97. The molecular weight excluding hydrogens is 366 g/mol. The van der Waals surface area contributed by atoms with Crippen molar-refractivity contribution < 1.29 is 14.1 Å². The summed E-state index contributed by atoms with van der Waals surface area (Å²) in [6.45, 7) is 0. The van der Waals surface area contributed by atoms with E-state index in [1.807, 2.05) is 0 Å². The first kappa shape index (κ1) is 16.9. The number of hydrogen-bond donors (Lipinski definition) is 1. The van der Waals surface area contributed by atoms with Crippen LogP contribution in [0.4, 0.5) is 5.69 Å². The van der Waals surface area contributed by atoms with Crippen LogP contribution in [0.3, 0.4) is 0 Å². The summed E-state index contributed by atoms with van der Waals surface area (Å²) in [5, 5.41) is 16.6. The molecule has 0 fully saturated rings. The first-order valence-corrected chi connectivity index (χ1v) is 8.21. The SMILES string of the molecule is O=C(NN=Cc1ccc(-c2ccc([N+](=O)[O-])cc2Cl)o1)c1cccs1. The second-order valence-electron chi connectivity index (χ2n) is 4.80. The maximum absolute atomic E-state index is 11.7. The topological polar surface area (TPSA) is 97.7 Å². The summed E-state index contributed by atoms with van der Waals surface area (Å²) in [6, 6.07) is 10.9. The summed E-state index contributed by atoms with van der Waals surface area (Å²) < 4.78 is 5.57. The highest BCUT2D eigenvalue weighted by Gasteiger charge is 2.13. The number of furan rings is 1. The van der Waals surface area contributed by atoms with Gasteiger partial charge in [-0.15, -0.1) is 11.3 Å². The van der Waals surface area contributed by atoms with Crippen molar-refractivity contribution in [3.63, 3.8) is 0 Å². The minimum atomic E-state index is -0.522. The number of hydrazone groups is 1. The van der Waals surface area contributed by atoms with Crippen LogP contribution in [-0.4, -0.2) is 17.0 Å². The Morgan fingerprint density at radius 3 is 2.84 bits per heavy atom. The van der Waals surface area contributed by atoms with Gasteiger partial charge in [-0.3, -0.25) is 14.9 Å². The quantitative estimate of drug-likeness (QED) is 0.407. The zero-order valence-corrected chi connectivity index (χ0v) is 14.1. The van der Waals surface area contributed by atoms with Crippen LogP contribution in [0.2, 0.25) is 5.02 Å². The molecule has 0 aliphatic carbocycles. The summed E-state index contributed by atoms with van der Waals surface area (Å²) in [5.74, 6) is 0.526.